The third kappa shape index (κ3) is 1.39. The summed E-state index contributed by atoms with van der Waals surface area (Å²) in [4.78, 5) is 0. The van der Waals surface area contributed by atoms with Crippen molar-refractivity contribution < 1.29 is 5.11 Å². The zero-order valence-corrected chi connectivity index (χ0v) is 9.91. The molecule has 1 N–H and O–H groups in total. The molecule has 3 saturated carbocycles. The van der Waals surface area contributed by atoms with E-state index in [1.54, 1.807) is 0 Å². The van der Waals surface area contributed by atoms with Gasteiger partial charge in [0.05, 0.1) is 5.60 Å². The van der Waals surface area contributed by atoms with Gasteiger partial charge < -0.3 is 5.11 Å². The quantitative estimate of drug-likeness (QED) is 0.647. The third-order valence-corrected chi connectivity index (χ3v) is 5.78. The van der Waals surface area contributed by atoms with Gasteiger partial charge >= 0.3 is 0 Å². The van der Waals surface area contributed by atoms with E-state index in [4.69, 9.17) is 0 Å². The highest BCUT2D eigenvalue weighted by Gasteiger charge is 2.53. The Balaban J connectivity index is 1.91. The van der Waals surface area contributed by atoms with E-state index in [9.17, 15) is 5.11 Å². The van der Waals surface area contributed by atoms with Crippen LogP contribution in [0.3, 0.4) is 0 Å². The molecule has 0 aromatic carbocycles. The monoisotopic (exact) mass is 208 g/mol. The minimum Gasteiger partial charge on any atom is -0.389 e. The maximum absolute atomic E-state index is 11.0. The van der Waals surface area contributed by atoms with Crippen molar-refractivity contribution in [1.29, 1.82) is 0 Å². The fourth-order valence-corrected chi connectivity index (χ4v) is 4.92. The van der Waals surface area contributed by atoms with E-state index in [-0.39, 0.29) is 5.60 Å². The topological polar surface area (TPSA) is 20.2 Å². The van der Waals surface area contributed by atoms with Crippen molar-refractivity contribution in [3.05, 3.63) is 0 Å². The number of rotatable bonds is 0. The van der Waals surface area contributed by atoms with Crippen LogP contribution in [-0.2, 0) is 0 Å². The summed E-state index contributed by atoms with van der Waals surface area (Å²) in [5, 5.41) is 11.0. The van der Waals surface area contributed by atoms with Gasteiger partial charge in [-0.15, -0.1) is 0 Å². The highest BCUT2D eigenvalue weighted by atomic mass is 16.3. The van der Waals surface area contributed by atoms with Gasteiger partial charge in [-0.2, -0.15) is 0 Å². The Kier molecular flexibility index (Phi) is 2.35. The largest absolute Gasteiger partial charge is 0.389 e. The van der Waals surface area contributed by atoms with Gasteiger partial charge in [0.15, 0.2) is 0 Å². The molecule has 1 nitrogen and oxygen atoms in total. The smallest absolute Gasteiger partial charge is 0.0706 e. The Hall–Kier alpha value is -0.0400. The van der Waals surface area contributed by atoms with Gasteiger partial charge in [0.25, 0.3) is 0 Å². The average molecular weight is 208 g/mol. The second-order valence-electron chi connectivity index (χ2n) is 6.33. The molecule has 0 amide bonds. The van der Waals surface area contributed by atoms with Crippen LogP contribution >= 0.6 is 0 Å². The molecular weight excluding hydrogens is 184 g/mol. The Bertz CT molecular complexity index is 250. The Morgan fingerprint density at radius 1 is 1.07 bits per heavy atom. The van der Waals surface area contributed by atoms with Crippen molar-refractivity contribution in [2.45, 2.75) is 63.9 Å². The molecule has 2 bridgehead atoms. The van der Waals surface area contributed by atoms with Gasteiger partial charge in [0.1, 0.15) is 0 Å². The van der Waals surface area contributed by atoms with E-state index in [1.165, 1.54) is 44.9 Å². The summed E-state index contributed by atoms with van der Waals surface area (Å²) in [6.45, 7) is 2.41. The highest BCUT2D eigenvalue weighted by molar-refractivity contribution is 5.04. The van der Waals surface area contributed by atoms with Crippen LogP contribution in [0.5, 0.6) is 0 Å². The molecule has 0 radical (unpaired) electrons. The van der Waals surface area contributed by atoms with Crippen LogP contribution < -0.4 is 0 Å². The lowest BCUT2D eigenvalue weighted by atomic mass is 9.52. The van der Waals surface area contributed by atoms with E-state index in [0.717, 1.165) is 18.3 Å². The summed E-state index contributed by atoms with van der Waals surface area (Å²) >= 11 is 0. The molecular formula is C14H24O. The highest BCUT2D eigenvalue weighted by Crippen LogP contribution is 2.56. The average Bonchev–Trinajstić information content (AvgIpc) is 2.28. The number of hydrogen-bond acceptors (Lipinski definition) is 1. The first-order valence-corrected chi connectivity index (χ1v) is 6.94. The Morgan fingerprint density at radius 3 is 2.80 bits per heavy atom. The van der Waals surface area contributed by atoms with Gasteiger partial charge in [-0.25, -0.2) is 0 Å². The summed E-state index contributed by atoms with van der Waals surface area (Å²) in [5.41, 5.74) is -0.255. The predicted octanol–water partition coefficient (Wildman–Crippen LogP) is 3.36. The van der Waals surface area contributed by atoms with Gasteiger partial charge in [-0.05, 0) is 49.4 Å². The molecule has 15 heavy (non-hydrogen) atoms. The molecule has 0 aliphatic heterocycles. The number of aliphatic hydroxyl groups is 1. The van der Waals surface area contributed by atoms with E-state index in [1.807, 2.05) is 0 Å². The molecule has 0 spiro atoms. The van der Waals surface area contributed by atoms with Crippen LogP contribution in [-0.4, -0.2) is 10.7 Å². The minimum absolute atomic E-state index is 0.255. The van der Waals surface area contributed by atoms with E-state index in [0.29, 0.717) is 11.8 Å². The zero-order chi connectivity index (χ0) is 10.5. The number of fused-ring (bicyclic) bond motifs is 4. The fourth-order valence-electron chi connectivity index (χ4n) is 4.92. The van der Waals surface area contributed by atoms with Gasteiger partial charge in [-0.3, -0.25) is 0 Å². The standard InChI is InChI=1S/C14H24O/c1-10-11-5-4-6-12(9-11)14(15)8-3-2-7-13(10)14/h10-13,15H,2-9H2,1H3/t10-,11-,12-,13+,14-/m0/s1. The van der Waals surface area contributed by atoms with Crippen LogP contribution in [0.15, 0.2) is 0 Å². The predicted molar refractivity (Wildman–Crippen MR) is 61.5 cm³/mol. The molecule has 3 rings (SSSR count). The molecule has 3 aliphatic carbocycles. The summed E-state index contributed by atoms with van der Waals surface area (Å²) < 4.78 is 0. The summed E-state index contributed by atoms with van der Waals surface area (Å²) in [7, 11) is 0. The van der Waals surface area contributed by atoms with Gasteiger partial charge in [-0.1, -0.05) is 32.6 Å². The lowest BCUT2D eigenvalue weighted by Gasteiger charge is -2.56. The van der Waals surface area contributed by atoms with Gasteiger partial charge in [0, 0.05) is 0 Å². The van der Waals surface area contributed by atoms with Crippen LogP contribution in [0, 0.1) is 23.7 Å². The maximum Gasteiger partial charge on any atom is 0.0706 e. The van der Waals surface area contributed by atoms with Gasteiger partial charge in [0.2, 0.25) is 0 Å². The normalized spacial score (nSPS) is 54.8. The second kappa shape index (κ2) is 3.48. The Morgan fingerprint density at radius 2 is 1.93 bits per heavy atom. The number of hydrogen-bond donors (Lipinski definition) is 1. The first-order chi connectivity index (χ1) is 7.22. The molecule has 86 valence electrons. The molecule has 0 heterocycles. The fraction of sp³-hybridized carbons (Fsp3) is 1.00. The Labute approximate surface area is 93.3 Å². The zero-order valence-electron chi connectivity index (χ0n) is 9.91. The van der Waals surface area contributed by atoms with Crippen molar-refractivity contribution in [3.63, 3.8) is 0 Å². The van der Waals surface area contributed by atoms with Crippen molar-refractivity contribution >= 4 is 0 Å². The molecule has 5 atom stereocenters. The first-order valence-electron chi connectivity index (χ1n) is 6.94. The van der Waals surface area contributed by atoms with E-state index in [2.05, 4.69) is 6.92 Å². The van der Waals surface area contributed by atoms with Crippen molar-refractivity contribution in [1.82, 2.24) is 0 Å². The van der Waals surface area contributed by atoms with Crippen molar-refractivity contribution in [2.75, 3.05) is 0 Å². The minimum atomic E-state index is -0.255. The molecule has 3 fully saturated rings. The molecule has 3 aliphatic rings. The SMILES string of the molecule is C[C@H]1[C@H]2CCC[C@@H](C2)[C@@]2(O)CCCC[C@H]12. The lowest BCUT2D eigenvalue weighted by Crippen LogP contribution is -2.56. The molecule has 0 aromatic rings. The van der Waals surface area contributed by atoms with Crippen LogP contribution in [0.4, 0.5) is 0 Å². The second-order valence-corrected chi connectivity index (χ2v) is 6.33. The van der Waals surface area contributed by atoms with Crippen LogP contribution in [0.1, 0.15) is 58.3 Å². The lowest BCUT2D eigenvalue weighted by molar-refractivity contribution is -0.166. The van der Waals surface area contributed by atoms with E-state index < -0.39 is 0 Å². The summed E-state index contributed by atoms with van der Waals surface area (Å²) in [5.74, 6) is 3.01. The van der Waals surface area contributed by atoms with Crippen LogP contribution in [0.2, 0.25) is 0 Å². The summed E-state index contributed by atoms with van der Waals surface area (Å²) in [6, 6.07) is 0. The summed E-state index contributed by atoms with van der Waals surface area (Å²) in [6.07, 6.45) is 10.4. The molecule has 0 saturated heterocycles. The maximum atomic E-state index is 11.0. The first kappa shape index (κ1) is 10.1. The molecule has 1 heteroatoms. The van der Waals surface area contributed by atoms with Crippen LogP contribution in [0.25, 0.3) is 0 Å². The van der Waals surface area contributed by atoms with Crippen molar-refractivity contribution in [3.8, 4) is 0 Å². The third-order valence-electron chi connectivity index (χ3n) is 5.78. The molecule has 0 aromatic heterocycles. The van der Waals surface area contributed by atoms with E-state index >= 15 is 0 Å². The van der Waals surface area contributed by atoms with Crippen molar-refractivity contribution in [2.24, 2.45) is 23.7 Å². The molecule has 0 unspecified atom stereocenters.